The van der Waals surface area contributed by atoms with E-state index >= 15 is 0 Å². The summed E-state index contributed by atoms with van der Waals surface area (Å²) >= 11 is 0. The molecule has 2 atom stereocenters. The molecule has 1 amide bonds. The second kappa shape index (κ2) is 9.10. The van der Waals surface area contributed by atoms with Crippen molar-refractivity contribution in [1.29, 1.82) is 0 Å². The monoisotopic (exact) mass is 404 g/mol. The molecule has 2 rings (SSSR count). The lowest BCUT2D eigenvalue weighted by Gasteiger charge is -2.29. The van der Waals surface area contributed by atoms with Gasteiger partial charge in [-0.15, -0.1) is 0 Å². The zero-order valence-electron chi connectivity index (χ0n) is 17.0. The number of nitrogens with zero attached hydrogens (tertiary/aromatic N) is 1. The minimum Gasteiger partial charge on any atom is -0.491 e. The smallest absolute Gasteiger partial charge is 0.243 e. The summed E-state index contributed by atoms with van der Waals surface area (Å²) in [6.07, 6.45) is 1.10. The first kappa shape index (κ1) is 21.8. The van der Waals surface area contributed by atoms with Crippen LogP contribution in [0.5, 0.6) is 5.75 Å². The van der Waals surface area contributed by atoms with E-state index in [4.69, 9.17) is 4.74 Å². The van der Waals surface area contributed by atoms with Crippen molar-refractivity contribution in [3.63, 3.8) is 0 Å². The van der Waals surface area contributed by atoms with Crippen LogP contribution in [-0.4, -0.2) is 39.3 Å². The summed E-state index contributed by atoms with van der Waals surface area (Å²) in [5.41, 5.74) is 2.39. The van der Waals surface area contributed by atoms with Crippen LogP contribution in [0.15, 0.2) is 48.5 Å². The van der Waals surface area contributed by atoms with Gasteiger partial charge in [-0.3, -0.25) is 9.10 Å². The lowest BCUT2D eigenvalue weighted by atomic mass is 10.2. The van der Waals surface area contributed by atoms with Crippen LogP contribution in [0.3, 0.4) is 0 Å². The van der Waals surface area contributed by atoms with Gasteiger partial charge in [0.15, 0.2) is 0 Å². The number of para-hydroxylation sites is 1. The van der Waals surface area contributed by atoms with Crippen molar-refractivity contribution in [3.8, 4) is 5.75 Å². The van der Waals surface area contributed by atoms with Crippen LogP contribution in [-0.2, 0) is 14.8 Å². The predicted octanol–water partition coefficient (Wildman–Crippen LogP) is 3.04. The summed E-state index contributed by atoms with van der Waals surface area (Å²) in [5.74, 6) is 0.377. The maximum absolute atomic E-state index is 12.7. The molecule has 0 aromatic heterocycles. The third kappa shape index (κ3) is 5.73. The van der Waals surface area contributed by atoms with Crippen molar-refractivity contribution >= 4 is 21.6 Å². The molecule has 0 aliphatic rings. The molecule has 2 aromatic carbocycles. The van der Waals surface area contributed by atoms with E-state index in [0.29, 0.717) is 5.69 Å². The van der Waals surface area contributed by atoms with Gasteiger partial charge in [0.05, 0.1) is 18.0 Å². The average molecular weight is 405 g/mol. The van der Waals surface area contributed by atoms with Gasteiger partial charge >= 0.3 is 0 Å². The molecular formula is C21H28N2O4S. The van der Waals surface area contributed by atoms with Gasteiger partial charge in [0, 0.05) is 0 Å². The molecule has 0 aliphatic carbocycles. The van der Waals surface area contributed by atoms with Crippen molar-refractivity contribution in [2.24, 2.45) is 0 Å². The van der Waals surface area contributed by atoms with Crippen LogP contribution in [0.4, 0.5) is 5.69 Å². The van der Waals surface area contributed by atoms with Crippen LogP contribution in [0.1, 0.15) is 25.0 Å². The molecular weight excluding hydrogens is 376 g/mol. The molecule has 0 fully saturated rings. The largest absolute Gasteiger partial charge is 0.491 e. The second-order valence-electron chi connectivity index (χ2n) is 7.06. The van der Waals surface area contributed by atoms with Crippen LogP contribution < -0.4 is 14.4 Å². The molecule has 0 bridgehead atoms. The van der Waals surface area contributed by atoms with E-state index in [0.717, 1.165) is 27.4 Å². The van der Waals surface area contributed by atoms with Gasteiger partial charge in [-0.2, -0.15) is 0 Å². The molecule has 0 aliphatic heterocycles. The minimum atomic E-state index is -3.63. The Balaban J connectivity index is 2.07. The third-order valence-corrected chi connectivity index (χ3v) is 5.56. The normalized spacial score (nSPS) is 13.5. The number of nitrogens with one attached hydrogen (secondary N) is 1. The van der Waals surface area contributed by atoms with Crippen molar-refractivity contribution < 1.29 is 17.9 Å². The van der Waals surface area contributed by atoms with Crippen LogP contribution in [0.2, 0.25) is 0 Å². The highest BCUT2D eigenvalue weighted by molar-refractivity contribution is 7.92. The Morgan fingerprint density at radius 2 is 1.79 bits per heavy atom. The number of carbonyl (C=O) groups excluding carboxylic acids is 1. The minimum absolute atomic E-state index is 0.284. The van der Waals surface area contributed by atoms with E-state index in [-0.39, 0.29) is 18.6 Å². The van der Waals surface area contributed by atoms with Crippen molar-refractivity contribution in [2.45, 2.75) is 39.8 Å². The van der Waals surface area contributed by atoms with E-state index in [1.54, 1.807) is 25.1 Å². The van der Waals surface area contributed by atoms with Gasteiger partial charge in [-0.25, -0.2) is 8.42 Å². The first-order valence-corrected chi connectivity index (χ1v) is 11.0. The summed E-state index contributed by atoms with van der Waals surface area (Å²) < 4.78 is 31.6. The Labute approximate surface area is 167 Å². The zero-order chi connectivity index (χ0) is 20.9. The Kier molecular flexibility index (Phi) is 7.07. The lowest BCUT2D eigenvalue weighted by Crippen LogP contribution is -2.50. The molecule has 2 aromatic rings. The molecule has 0 radical (unpaired) electrons. The molecule has 1 N–H and O–H groups in total. The third-order valence-electron chi connectivity index (χ3n) is 4.32. The molecule has 152 valence electrons. The van der Waals surface area contributed by atoms with Crippen molar-refractivity contribution in [1.82, 2.24) is 5.32 Å². The molecule has 0 saturated carbocycles. The molecule has 0 saturated heterocycles. The number of rotatable bonds is 8. The van der Waals surface area contributed by atoms with Crippen molar-refractivity contribution in [2.75, 3.05) is 17.2 Å². The van der Waals surface area contributed by atoms with E-state index in [1.165, 1.54) is 0 Å². The van der Waals surface area contributed by atoms with Crippen LogP contribution in [0, 0.1) is 13.8 Å². The maximum atomic E-state index is 12.7. The van der Waals surface area contributed by atoms with E-state index in [1.807, 2.05) is 51.1 Å². The van der Waals surface area contributed by atoms with Crippen LogP contribution >= 0.6 is 0 Å². The van der Waals surface area contributed by atoms with Gasteiger partial charge in [0.25, 0.3) is 0 Å². The topological polar surface area (TPSA) is 75.7 Å². The summed E-state index contributed by atoms with van der Waals surface area (Å²) in [6, 6.07) is 13.5. The quantitative estimate of drug-likeness (QED) is 0.734. The fourth-order valence-electron chi connectivity index (χ4n) is 2.91. The fourth-order valence-corrected chi connectivity index (χ4v) is 4.08. The Hall–Kier alpha value is -2.54. The Bertz CT molecular complexity index is 928. The van der Waals surface area contributed by atoms with Gasteiger partial charge in [0.2, 0.25) is 15.9 Å². The predicted molar refractivity (Wildman–Crippen MR) is 112 cm³/mol. The number of ether oxygens (including phenoxy) is 1. The number of benzene rings is 2. The number of carbonyl (C=O) groups is 1. The number of anilines is 1. The number of amides is 1. The highest BCUT2D eigenvalue weighted by Gasteiger charge is 2.29. The number of hydrogen-bond acceptors (Lipinski definition) is 4. The van der Waals surface area contributed by atoms with Crippen LogP contribution in [0.25, 0.3) is 0 Å². The van der Waals surface area contributed by atoms with Gasteiger partial charge < -0.3 is 10.1 Å². The van der Waals surface area contributed by atoms with Gasteiger partial charge in [-0.1, -0.05) is 30.3 Å². The molecule has 28 heavy (non-hydrogen) atoms. The molecule has 7 heteroatoms. The van der Waals surface area contributed by atoms with Gasteiger partial charge in [0.1, 0.15) is 18.4 Å². The molecule has 6 nitrogen and oxygen atoms in total. The number of hydrogen-bond donors (Lipinski definition) is 1. The average Bonchev–Trinajstić information content (AvgIpc) is 2.60. The summed E-state index contributed by atoms with van der Waals surface area (Å²) in [4.78, 5) is 12.7. The molecule has 0 unspecified atom stereocenters. The number of sulfonamides is 1. The Morgan fingerprint density at radius 1 is 1.11 bits per heavy atom. The zero-order valence-corrected chi connectivity index (χ0v) is 17.8. The first-order valence-electron chi connectivity index (χ1n) is 9.14. The highest BCUT2D eigenvalue weighted by Crippen LogP contribution is 2.22. The number of aryl methyl sites for hydroxylation is 2. The summed E-state index contributed by atoms with van der Waals surface area (Å²) in [5, 5.41) is 2.84. The molecule has 0 spiro atoms. The van der Waals surface area contributed by atoms with Gasteiger partial charge in [-0.05, 0) is 57.0 Å². The van der Waals surface area contributed by atoms with E-state index in [9.17, 15) is 13.2 Å². The summed E-state index contributed by atoms with van der Waals surface area (Å²) in [7, 11) is -3.63. The maximum Gasteiger partial charge on any atom is 0.243 e. The van der Waals surface area contributed by atoms with E-state index < -0.39 is 16.1 Å². The molecule has 0 heterocycles. The Morgan fingerprint density at radius 3 is 2.39 bits per heavy atom. The lowest BCUT2D eigenvalue weighted by molar-refractivity contribution is -0.122. The standard InChI is InChI=1S/C21H28N2O4S/c1-15-9-8-11-19(13-15)23(28(5,25)26)18(4)21(24)22-17(3)14-27-20-12-7-6-10-16(20)2/h6-13,17-18H,14H2,1-5H3,(H,22,24)/t17-,18+/m1/s1. The highest BCUT2D eigenvalue weighted by atomic mass is 32.2. The fraction of sp³-hybridized carbons (Fsp3) is 0.381. The summed E-state index contributed by atoms with van der Waals surface area (Å²) in [6.45, 7) is 7.51. The van der Waals surface area contributed by atoms with E-state index in [2.05, 4.69) is 5.32 Å². The SMILES string of the molecule is Cc1cccc(N([C@@H](C)C(=O)N[C@H](C)COc2ccccc2C)S(C)(=O)=O)c1. The second-order valence-corrected chi connectivity index (χ2v) is 8.92. The van der Waals surface area contributed by atoms with Crippen molar-refractivity contribution in [3.05, 3.63) is 59.7 Å². The first-order chi connectivity index (χ1) is 13.1.